The Bertz CT molecular complexity index is 1260. The summed E-state index contributed by atoms with van der Waals surface area (Å²) in [7, 11) is 0. The third-order valence-corrected chi connectivity index (χ3v) is 9.05. The summed E-state index contributed by atoms with van der Waals surface area (Å²) < 4.78 is 0. The van der Waals surface area contributed by atoms with Crippen molar-refractivity contribution in [1.29, 1.82) is 0 Å². The number of carbonyl (C=O) groups is 2. The molecular formula is C36H46N4O2. The number of benzene rings is 3. The van der Waals surface area contributed by atoms with Gasteiger partial charge in [-0.15, -0.1) is 0 Å². The molecule has 1 unspecified atom stereocenters. The number of hydrogen-bond donors (Lipinski definition) is 2. The van der Waals surface area contributed by atoms with Crippen LogP contribution in [-0.4, -0.2) is 60.5 Å². The summed E-state index contributed by atoms with van der Waals surface area (Å²) in [5, 5.41) is 6.27. The minimum atomic E-state index is -0.365. The average Bonchev–Trinajstić information content (AvgIpc) is 3.03. The topological polar surface area (TPSA) is 64.7 Å². The molecule has 5 rings (SSSR count). The fourth-order valence-electron chi connectivity index (χ4n) is 6.66. The standard InChI is InChI=1S/C36H46N4O2/c1-3-21-37-36(42)40-22-19-27(20-23-40)26-39(4-2)33-18-16-28-15-17-32(24-31(28)25-33)38-35(41)34(29-11-7-5-8-12-29)30-13-9-6-10-14-30/h5-15,17,24,27,33-34H,3-4,16,18-23,25-26H2,1-2H3,(H,37,42)(H,38,41). The van der Waals surface area contributed by atoms with Crippen LogP contribution < -0.4 is 10.6 Å². The number of nitrogens with zero attached hydrogens (tertiary/aromatic N) is 2. The maximum absolute atomic E-state index is 13.7. The predicted octanol–water partition coefficient (Wildman–Crippen LogP) is 6.47. The van der Waals surface area contributed by atoms with Crippen molar-refractivity contribution in [2.75, 3.05) is 38.0 Å². The molecular weight excluding hydrogens is 520 g/mol. The minimum Gasteiger partial charge on any atom is -0.338 e. The number of rotatable bonds is 10. The van der Waals surface area contributed by atoms with Crippen LogP contribution in [0.1, 0.15) is 67.7 Å². The lowest BCUT2D eigenvalue weighted by Gasteiger charge is -2.39. The third kappa shape index (κ3) is 7.40. The van der Waals surface area contributed by atoms with Crippen molar-refractivity contribution >= 4 is 17.6 Å². The van der Waals surface area contributed by atoms with Crippen LogP contribution in [0.2, 0.25) is 0 Å². The van der Waals surface area contributed by atoms with Gasteiger partial charge in [0.1, 0.15) is 0 Å². The summed E-state index contributed by atoms with van der Waals surface area (Å²) >= 11 is 0. The molecule has 0 spiro atoms. The predicted molar refractivity (Wildman–Crippen MR) is 171 cm³/mol. The van der Waals surface area contributed by atoms with Crippen LogP contribution in [0.15, 0.2) is 78.9 Å². The van der Waals surface area contributed by atoms with E-state index < -0.39 is 0 Å². The molecule has 3 aromatic rings. The van der Waals surface area contributed by atoms with Gasteiger partial charge in [-0.25, -0.2) is 4.79 Å². The van der Waals surface area contributed by atoms with Crippen LogP contribution in [-0.2, 0) is 17.6 Å². The van der Waals surface area contributed by atoms with Crippen molar-refractivity contribution < 1.29 is 9.59 Å². The van der Waals surface area contributed by atoms with E-state index in [-0.39, 0.29) is 17.9 Å². The quantitative estimate of drug-likeness (QED) is 0.296. The Labute approximate surface area is 251 Å². The van der Waals surface area contributed by atoms with Crippen molar-refractivity contribution in [3.8, 4) is 0 Å². The number of likely N-dealkylation sites (N-methyl/N-ethyl adjacent to an activating group) is 1. The Morgan fingerprint density at radius 1 is 0.881 bits per heavy atom. The summed E-state index contributed by atoms with van der Waals surface area (Å²) in [5.74, 6) is 0.251. The fraction of sp³-hybridized carbons (Fsp3) is 0.444. The van der Waals surface area contributed by atoms with E-state index in [9.17, 15) is 9.59 Å². The summed E-state index contributed by atoms with van der Waals surface area (Å²) in [6.45, 7) is 8.92. The molecule has 1 heterocycles. The van der Waals surface area contributed by atoms with Crippen molar-refractivity contribution in [2.24, 2.45) is 5.92 Å². The number of likely N-dealkylation sites (tertiary alicyclic amines) is 1. The lowest BCUT2D eigenvalue weighted by Crippen LogP contribution is -2.47. The van der Waals surface area contributed by atoms with Crippen molar-refractivity contribution in [2.45, 2.75) is 64.3 Å². The molecule has 6 heteroatoms. The Morgan fingerprint density at radius 3 is 2.17 bits per heavy atom. The van der Waals surface area contributed by atoms with E-state index in [0.29, 0.717) is 12.0 Å². The van der Waals surface area contributed by atoms with Gasteiger partial charge < -0.3 is 20.4 Å². The highest BCUT2D eigenvalue weighted by molar-refractivity contribution is 5.98. The number of fused-ring (bicyclic) bond motifs is 1. The molecule has 3 aromatic carbocycles. The fourth-order valence-corrected chi connectivity index (χ4v) is 6.66. The highest BCUT2D eigenvalue weighted by Gasteiger charge is 2.29. The number of amides is 3. The van der Waals surface area contributed by atoms with Crippen LogP contribution in [0.5, 0.6) is 0 Å². The van der Waals surface area contributed by atoms with E-state index in [1.165, 1.54) is 11.1 Å². The summed E-state index contributed by atoms with van der Waals surface area (Å²) in [4.78, 5) is 30.7. The van der Waals surface area contributed by atoms with Crippen molar-refractivity contribution in [3.63, 3.8) is 0 Å². The monoisotopic (exact) mass is 566 g/mol. The van der Waals surface area contributed by atoms with Gasteiger partial charge in [0.05, 0.1) is 5.92 Å². The molecule has 2 aliphatic rings. The first kappa shape index (κ1) is 29.8. The number of hydrogen-bond acceptors (Lipinski definition) is 3. The smallest absolute Gasteiger partial charge is 0.317 e. The zero-order valence-electron chi connectivity index (χ0n) is 25.2. The number of piperidine rings is 1. The largest absolute Gasteiger partial charge is 0.338 e. The normalized spacial score (nSPS) is 17.2. The number of nitrogens with one attached hydrogen (secondary N) is 2. The van der Waals surface area contributed by atoms with Crippen LogP contribution in [0.3, 0.4) is 0 Å². The third-order valence-electron chi connectivity index (χ3n) is 9.05. The zero-order chi connectivity index (χ0) is 29.3. The van der Waals surface area contributed by atoms with E-state index in [0.717, 1.165) is 88.1 Å². The van der Waals surface area contributed by atoms with Gasteiger partial charge in [-0.05, 0) is 85.4 Å². The Balaban J connectivity index is 1.22. The van der Waals surface area contributed by atoms with Crippen molar-refractivity contribution in [3.05, 3.63) is 101 Å². The van der Waals surface area contributed by atoms with E-state index in [1.807, 2.05) is 65.6 Å². The minimum absolute atomic E-state index is 0.00962. The molecule has 1 aliphatic carbocycles. The first-order valence-corrected chi connectivity index (χ1v) is 15.8. The Hall–Kier alpha value is -3.64. The lowest BCUT2D eigenvalue weighted by atomic mass is 9.86. The summed E-state index contributed by atoms with van der Waals surface area (Å²) in [5.41, 5.74) is 5.60. The maximum Gasteiger partial charge on any atom is 0.317 e. The number of aryl methyl sites for hydroxylation is 1. The molecule has 1 fully saturated rings. The first-order valence-electron chi connectivity index (χ1n) is 15.8. The second-order valence-corrected chi connectivity index (χ2v) is 11.9. The van der Waals surface area contributed by atoms with Gasteiger partial charge in [-0.3, -0.25) is 4.79 Å². The molecule has 0 saturated carbocycles. The molecule has 1 aliphatic heterocycles. The Morgan fingerprint density at radius 2 is 1.55 bits per heavy atom. The molecule has 42 heavy (non-hydrogen) atoms. The SMILES string of the molecule is CCCNC(=O)N1CCC(CN(CC)C2CCc3ccc(NC(=O)C(c4ccccc4)c4ccccc4)cc3C2)CC1. The Kier molecular flexibility index (Phi) is 10.3. The highest BCUT2D eigenvalue weighted by Crippen LogP contribution is 2.31. The number of carbonyl (C=O) groups excluding carboxylic acids is 2. The van der Waals surface area contributed by atoms with Crippen LogP contribution in [0.4, 0.5) is 10.5 Å². The summed E-state index contributed by atoms with van der Waals surface area (Å²) in [6.07, 6.45) is 6.34. The highest BCUT2D eigenvalue weighted by atomic mass is 16.2. The van der Waals surface area contributed by atoms with E-state index >= 15 is 0 Å². The van der Waals surface area contributed by atoms with E-state index in [2.05, 4.69) is 47.6 Å². The van der Waals surface area contributed by atoms with Crippen molar-refractivity contribution in [1.82, 2.24) is 15.1 Å². The van der Waals surface area contributed by atoms with E-state index in [4.69, 9.17) is 0 Å². The zero-order valence-corrected chi connectivity index (χ0v) is 25.2. The van der Waals surface area contributed by atoms with Gasteiger partial charge in [-0.2, -0.15) is 0 Å². The van der Waals surface area contributed by atoms with Crippen LogP contribution in [0, 0.1) is 5.92 Å². The second-order valence-electron chi connectivity index (χ2n) is 11.9. The molecule has 6 nitrogen and oxygen atoms in total. The molecule has 0 bridgehead atoms. The van der Waals surface area contributed by atoms with E-state index in [1.54, 1.807) is 0 Å². The van der Waals surface area contributed by atoms with Gasteiger partial charge in [0.2, 0.25) is 5.91 Å². The van der Waals surface area contributed by atoms with Crippen LogP contribution in [0.25, 0.3) is 0 Å². The second kappa shape index (κ2) is 14.5. The van der Waals surface area contributed by atoms with Crippen LogP contribution >= 0.6 is 0 Å². The summed E-state index contributed by atoms with van der Waals surface area (Å²) in [6, 6.07) is 27.1. The lowest BCUT2D eigenvalue weighted by molar-refractivity contribution is -0.116. The number of urea groups is 1. The molecule has 222 valence electrons. The number of anilines is 1. The molecule has 0 aromatic heterocycles. The average molecular weight is 567 g/mol. The van der Waals surface area contributed by atoms with Gasteiger partial charge >= 0.3 is 6.03 Å². The molecule has 2 N–H and O–H groups in total. The molecule has 1 saturated heterocycles. The first-order chi connectivity index (χ1) is 20.6. The van der Waals surface area contributed by atoms with Gasteiger partial charge in [0.15, 0.2) is 0 Å². The van der Waals surface area contributed by atoms with Gasteiger partial charge in [0.25, 0.3) is 0 Å². The molecule has 0 radical (unpaired) electrons. The molecule has 1 atom stereocenters. The van der Waals surface area contributed by atoms with Gasteiger partial charge in [0, 0.05) is 37.9 Å². The molecule has 3 amide bonds. The van der Waals surface area contributed by atoms with Gasteiger partial charge in [-0.1, -0.05) is 80.6 Å². The maximum atomic E-state index is 13.7.